The zero-order valence-corrected chi connectivity index (χ0v) is 22.5. The molecule has 2 aliphatic heterocycles. The number of carbonyl (C=O) groups excluding carboxylic acids is 2. The van der Waals surface area contributed by atoms with E-state index < -0.39 is 17.7 Å². The van der Waals surface area contributed by atoms with E-state index in [1.807, 2.05) is 61.5 Å². The molecule has 1 atom stereocenters. The fourth-order valence-electron chi connectivity index (χ4n) is 5.42. The highest BCUT2D eigenvalue weighted by molar-refractivity contribution is 6.51. The summed E-state index contributed by atoms with van der Waals surface area (Å²) < 4.78 is 5.72. The molecule has 3 aromatic carbocycles. The molecule has 1 amide bonds. The minimum atomic E-state index is -0.854. The Hall–Kier alpha value is -4.39. The minimum Gasteiger partial charge on any atom is -0.507 e. The number of carbonyl (C=O) groups is 2. The number of aliphatic hydroxyl groups is 1. The Labute approximate surface area is 227 Å². The van der Waals surface area contributed by atoms with Gasteiger partial charge in [0, 0.05) is 5.56 Å². The summed E-state index contributed by atoms with van der Waals surface area (Å²) in [5.74, 6) is -0.645. The van der Waals surface area contributed by atoms with E-state index in [4.69, 9.17) is 4.74 Å². The molecule has 7 heteroatoms. The summed E-state index contributed by atoms with van der Waals surface area (Å²) >= 11 is 0. The molecule has 1 aromatic heterocycles. The summed E-state index contributed by atoms with van der Waals surface area (Å²) in [6, 6.07) is 18.2. The second-order valence-corrected chi connectivity index (χ2v) is 11.4. The van der Waals surface area contributed by atoms with Crippen LogP contribution in [0.25, 0.3) is 16.8 Å². The van der Waals surface area contributed by atoms with Crippen molar-refractivity contribution in [2.75, 3.05) is 11.5 Å². The van der Waals surface area contributed by atoms with Gasteiger partial charge in [0.25, 0.3) is 5.78 Å². The van der Waals surface area contributed by atoms with Crippen molar-refractivity contribution >= 4 is 34.4 Å². The number of anilines is 1. The van der Waals surface area contributed by atoms with Gasteiger partial charge in [-0.3, -0.25) is 14.5 Å². The highest BCUT2D eigenvalue weighted by Crippen LogP contribution is 2.42. The number of hydrogen-bond donors (Lipinski definition) is 2. The average Bonchev–Trinajstić information content (AvgIpc) is 3.45. The Morgan fingerprint density at radius 1 is 1.05 bits per heavy atom. The predicted octanol–water partition coefficient (Wildman–Crippen LogP) is 6.12. The van der Waals surface area contributed by atoms with Crippen molar-refractivity contribution in [3.63, 3.8) is 0 Å². The standard InChI is InChI=1S/C32H31N3O4/c1-18-7-13-23-24(16-18)34-31(33-23)35-27(19-8-11-22(12-9-19)32(2,3)4)26(29(37)30(35)38)28(36)21-10-14-25-20(17-21)6-5-15-39-25/h7-14,16-17,27,36H,5-6,15H2,1-4H3,(H,33,34)/b28-26+. The van der Waals surface area contributed by atoms with Crippen LogP contribution in [0.5, 0.6) is 5.75 Å². The molecule has 2 N–H and O–H groups in total. The van der Waals surface area contributed by atoms with E-state index in [2.05, 4.69) is 30.7 Å². The Bertz CT molecular complexity index is 1660. The van der Waals surface area contributed by atoms with Gasteiger partial charge in [0.05, 0.1) is 29.3 Å². The van der Waals surface area contributed by atoms with Crippen LogP contribution in [0, 0.1) is 6.92 Å². The number of ether oxygens (including phenoxy) is 1. The topological polar surface area (TPSA) is 95.5 Å². The third-order valence-corrected chi connectivity index (χ3v) is 7.57. The molecule has 2 aliphatic rings. The lowest BCUT2D eigenvalue weighted by Crippen LogP contribution is -2.30. The quantitative estimate of drug-likeness (QED) is 0.192. The molecule has 0 aliphatic carbocycles. The summed E-state index contributed by atoms with van der Waals surface area (Å²) in [5, 5.41) is 11.6. The van der Waals surface area contributed by atoms with Gasteiger partial charge >= 0.3 is 5.91 Å². The maximum absolute atomic E-state index is 13.6. The predicted molar refractivity (Wildman–Crippen MR) is 151 cm³/mol. The summed E-state index contributed by atoms with van der Waals surface area (Å²) in [7, 11) is 0. The molecule has 0 spiro atoms. The number of rotatable bonds is 3. The first-order chi connectivity index (χ1) is 18.6. The molecule has 39 heavy (non-hydrogen) atoms. The number of benzene rings is 3. The number of amides is 1. The summed E-state index contributed by atoms with van der Waals surface area (Å²) in [4.78, 5) is 36.4. The molecular formula is C32H31N3O4. The summed E-state index contributed by atoms with van der Waals surface area (Å²) in [6.07, 6.45) is 1.70. The molecule has 7 nitrogen and oxygen atoms in total. The third-order valence-electron chi connectivity index (χ3n) is 7.57. The van der Waals surface area contributed by atoms with Gasteiger partial charge in [0.2, 0.25) is 5.95 Å². The SMILES string of the molecule is Cc1ccc2nc(N3C(=O)C(=O)/C(=C(/O)c4ccc5c(c4)CCCO5)C3c3ccc(C(C)(C)C)cc3)[nH]c2c1. The van der Waals surface area contributed by atoms with Crippen molar-refractivity contribution in [2.24, 2.45) is 0 Å². The van der Waals surface area contributed by atoms with Crippen LogP contribution in [0.2, 0.25) is 0 Å². The second-order valence-electron chi connectivity index (χ2n) is 11.4. The normalized spacial score (nSPS) is 18.9. The first-order valence-corrected chi connectivity index (χ1v) is 13.3. The van der Waals surface area contributed by atoms with Crippen molar-refractivity contribution in [1.82, 2.24) is 9.97 Å². The fraction of sp³-hybridized carbons (Fsp3) is 0.281. The van der Waals surface area contributed by atoms with Crippen LogP contribution in [0.4, 0.5) is 5.95 Å². The highest BCUT2D eigenvalue weighted by atomic mass is 16.5. The molecule has 0 bridgehead atoms. The van der Waals surface area contributed by atoms with E-state index in [1.165, 1.54) is 4.90 Å². The lowest BCUT2D eigenvalue weighted by atomic mass is 9.85. The molecular weight excluding hydrogens is 490 g/mol. The van der Waals surface area contributed by atoms with Gasteiger partial charge in [-0.15, -0.1) is 0 Å². The monoisotopic (exact) mass is 521 g/mol. The fourth-order valence-corrected chi connectivity index (χ4v) is 5.42. The van der Waals surface area contributed by atoms with Gasteiger partial charge in [-0.25, -0.2) is 4.98 Å². The number of nitrogens with zero attached hydrogens (tertiary/aromatic N) is 2. The van der Waals surface area contributed by atoms with E-state index in [-0.39, 0.29) is 22.7 Å². The Morgan fingerprint density at radius 3 is 2.56 bits per heavy atom. The molecule has 3 heterocycles. The van der Waals surface area contributed by atoms with Crippen LogP contribution in [-0.4, -0.2) is 33.4 Å². The van der Waals surface area contributed by atoms with Crippen LogP contribution >= 0.6 is 0 Å². The van der Waals surface area contributed by atoms with Crippen molar-refractivity contribution in [2.45, 2.75) is 52.0 Å². The van der Waals surface area contributed by atoms with Gasteiger partial charge in [-0.1, -0.05) is 51.1 Å². The summed E-state index contributed by atoms with van der Waals surface area (Å²) in [6.45, 7) is 9.02. The molecule has 6 rings (SSSR count). The number of imidazole rings is 1. The van der Waals surface area contributed by atoms with Gasteiger partial charge in [-0.05, 0) is 77.8 Å². The maximum atomic E-state index is 13.6. The highest BCUT2D eigenvalue weighted by Gasteiger charge is 2.48. The molecule has 4 aromatic rings. The third kappa shape index (κ3) is 4.28. The zero-order chi connectivity index (χ0) is 27.5. The molecule has 198 valence electrons. The first-order valence-electron chi connectivity index (χ1n) is 13.3. The van der Waals surface area contributed by atoms with Crippen molar-refractivity contribution in [1.29, 1.82) is 0 Å². The number of fused-ring (bicyclic) bond motifs is 2. The number of nitrogens with one attached hydrogen (secondary N) is 1. The number of aryl methyl sites for hydroxylation is 2. The molecule has 1 fully saturated rings. The number of hydrogen-bond acceptors (Lipinski definition) is 5. The number of Topliss-reactive ketones (excluding diaryl/α,β-unsaturated/α-hetero) is 1. The van der Waals surface area contributed by atoms with E-state index >= 15 is 0 Å². The van der Waals surface area contributed by atoms with Crippen molar-refractivity contribution < 1.29 is 19.4 Å². The molecule has 1 saturated heterocycles. The number of aromatic nitrogens is 2. The maximum Gasteiger partial charge on any atom is 0.302 e. The van der Waals surface area contributed by atoms with Crippen LogP contribution < -0.4 is 9.64 Å². The number of aliphatic hydroxyl groups excluding tert-OH is 1. The van der Waals surface area contributed by atoms with Gasteiger partial charge in [0.1, 0.15) is 11.5 Å². The lowest BCUT2D eigenvalue weighted by Gasteiger charge is -2.25. The second kappa shape index (κ2) is 9.12. The van der Waals surface area contributed by atoms with E-state index in [0.717, 1.165) is 40.8 Å². The molecule has 0 saturated carbocycles. The van der Waals surface area contributed by atoms with Crippen LogP contribution in [0.15, 0.2) is 66.2 Å². The van der Waals surface area contributed by atoms with Gasteiger partial charge in [0.15, 0.2) is 0 Å². The van der Waals surface area contributed by atoms with Gasteiger partial charge < -0.3 is 14.8 Å². The zero-order valence-electron chi connectivity index (χ0n) is 22.5. The van der Waals surface area contributed by atoms with Crippen molar-refractivity contribution in [3.8, 4) is 5.75 Å². The van der Waals surface area contributed by atoms with Crippen LogP contribution in [-0.2, 0) is 21.4 Å². The van der Waals surface area contributed by atoms with E-state index in [0.29, 0.717) is 23.3 Å². The van der Waals surface area contributed by atoms with Crippen molar-refractivity contribution in [3.05, 3.63) is 94.1 Å². The Kier molecular flexibility index (Phi) is 5.83. The van der Waals surface area contributed by atoms with E-state index in [9.17, 15) is 14.7 Å². The number of aromatic amines is 1. The van der Waals surface area contributed by atoms with Crippen LogP contribution in [0.1, 0.15) is 61.1 Å². The molecule has 1 unspecified atom stereocenters. The minimum absolute atomic E-state index is 0.0387. The number of ketones is 1. The Morgan fingerprint density at radius 2 is 1.82 bits per heavy atom. The van der Waals surface area contributed by atoms with E-state index in [1.54, 1.807) is 6.07 Å². The largest absolute Gasteiger partial charge is 0.507 e. The number of H-pyrrole nitrogens is 1. The first kappa shape index (κ1) is 24.9. The van der Waals surface area contributed by atoms with Crippen LogP contribution in [0.3, 0.4) is 0 Å². The lowest BCUT2D eigenvalue weighted by molar-refractivity contribution is -0.132. The van der Waals surface area contributed by atoms with Gasteiger partial charge in [-0.2, -0.15) is 0 Å². The summed E-state index contributed by atoms with van der Waals surface area (Å²) in [5.41, 5.74) is 5.76. The Balaban J connectivity index is 1.53. The average molecular weight is 522 g/mol. The molecule has 0 radical (unpaired) electrons. The smallest absolute Gasteiger partial charge is 0.302 e.